The van der Waals surface area contributed by atoms with Crippen LogP contribution in [-0.4, -0.2) is 28.1 Å². The molecule has 0 saturated carbocycles. The highest BCUT2D eigenvalue weighted by molar-refractivity contribution is 7.98. The lowest BCUT2D eigenvalue weighted by molar-refractivity contribution is 0.0525. The van der Waals surface area contributed by atoms with E-state index in [1.54, 1.807) is 6.20 Å². The minimum atomic E-state index is -0.245. The maximum absolute atomic E-state index is 11.6. The molecule has 0 fully saturated rings. The second-order valence-corrected chi connectivity index (χ2v) is 4.44. The van der Waals surface area contributed by atoms with Gasteiger partial charge < -0.3 is 4.74 Å². The molecule has 1 aliphatic heterocycles. The summed E-state index contributed by atoms with van der Waals surface area (Å²) in [6.07, 6.45) is 3.64. The molecule has 1 aliphatic rings. The van der Waals surface area contributed by atoms with Crippen molar-refractivity contribution in [2.24, 2.45) is 0 Å². The van der Waals surface area contributed by atoms with E-state index in [-0.39, 0.29) is 5.97 Å². The Labute approximate surface area is 93.0 Å². The third-order valence-electron chi connectivity index (χ3n) is 2.36. The van der Waals surface area contributed by atoms with Crippen LogP contribution in [0.3, 0.4) is 0 Å². The number of thioether (sulfide) groups is 1. The van der Waals surface area contributed by atoms with Crippen molar-refractivity contribution in [1.82, 2.24) is 9.78 Å². The molecule has 0 aliphatic carbocycles. The van der Waals surface area contributed by atoms with Gasteiger partial charge in [0, 0.05) is 0 Å². The second kappa shape index (κ2) is 4.70. The molecule has 0 saturated heterocycles. The molecule has 15 heavy (non-hydrogen) atoms. The summed E-state index contributed by atoms with van der Waals surface area (Å²) in [5, 5.41) is 4.22. The fourth-order valence-corrected chi connectivity index (χ4v) is 2.53. The standard InChI is InChI=1S/C10H14N2O2S/c1-2-14-10(13)8-6-11-12-7-15-5-3-4-9(8)12/h6H,2-5,7H2,1H3. The van der Waals surface area contributed by atoms with Gasteiger partial charge in [-0.2, -0.15) is 5.10 Å². The molecule has 0 aromatic carbocycles. The number of ether oxygens (including phenoxy) is 1. The molecule has 0 bridgehead atoms. The number of fused-ring (bicyclic) bond motifs is 1. The summed E-state index contributed by atoms with van der Waals surface area (Å²) >= 11 is 1.85. The fourth-order valence-electron chi connectivity index (χ4n) is 1.66. The number of carbonyl (C=O) groups is 1. The zero-order valence-electron chi connectivity index (χ0n) is 8.73. The summed E-state index contributed by atoms with van der Waals surface area (Å²) in [5.41, 5.74) is 1.66. The Balaban J connectivity index is 2.25. The van der Waals surface area contributed by atoms with E-state index in [4.69, 9.17) is 4.74 Å². The van der Waals surface area contributed by atoms with Crippen LogP contribution in [-0.2, 0) is 17.0 Å². The molecular weight excluding hydrogens is 212 g/mol. The Hall–Kier alpha value is -0.970. The highest BCUT2D eigenvalue weighted by Gasteiger charge is 2.19. The minimum absolute atomic E-state index is 0.245. The Kier molecular flexibility index (Phi) is 3.30. The average molecular weight is 226 g/mol. The molecule has 0 atom stereocenters. The van der Waals surface area contributed by atoms with Crippen molar-refractivity contribution in [2.45, 2.75) is 25.6 Å². The maximum Gasteiger partial charge on any atom is 0.341 e. The van der Waals surface area contributed by atoms with Crippen LogP contribution < -0.4 is 0 Å². The van der Waals surface area contributed by atoms with Crippen molar-refractivity contribution in [3.8, 4) is 0 Å². The van der Waals surface area contributed by atoms with Crippen LogP contribution in [0.5, 0.6) is 0 Å². The van der Waals surface area contributed by atoms with Crippen LogP contribution in [0.2, 0.25) is 0 Å². The van der Waals surface area contributed by atoms with Crippen LogP contribution in [0.25, 0.3) is 0 Å². The van der Waals surface area contributed by atoms with Crippen LogP contribution in [0.4, 0.5) is 0 Å². The van der Waals surface area contributed by atoms with Gasteiger partial charge in [-0.1, -0.05) is 0 Å². The SMILES string of the molecule is CCOC(=O)c1cnn2c1CCCSC2. The summed E-state index contributed by atoms with van der Waals surface area (Å²) in [5.74, 6) is 1.73. The smallest absolute Gasteiger partial charge is 0.341 e. The molecule has 0 amide bonds. The van der Waals surface area contributed by atoms with Gasteiger partial charge >= 0.3 is 5.97 Å². The molecule has 0 N–H and O–H groups in total. The van der Waals surface area contributed by atoms with Crippen molar-refractivity contribution >= 4 is 17.7 Å². The molecule has 82 valence electrons. The number of esters is 1. The monoisotopic (exact) mass is 226 g/mol. The van der Waals surface area contributed by atoms with Crippen LogP contribution in [0, 0.1) is 0 Å². The van der Waals surface area contributed by atoms with Gasteiger partial charge in [0.1, 0.15) is 5.56 Å². The zero-order chi connectivity index (χ0) is 10.7. The van der Waals surface area contributed by atoms with E-state index in [1.165, 1.54) is 0 Å². The first-order valence-electron chi connectivity index (χ1n) is 5.12. The van der Waals surface area contributed by atoms with E-state index >= 15 is 0 Å². The van der Waals surface area contributed by atoms with E-state index in [0.29, 0.717) is 12.2 Å². The molecule has 0 radical (unpaired) electrons. The van der Waals surface area contributed by atoms with E-state index < -0.39 is 0 Å². The van der Waals surface area contributed by atoms with E-state index in [2.05, 4.69) is 5.10 Å². The summed E-state index contributed by atoms with van der Waals surface area (Å²) in [4.78, 5) is 11.6. The Morgan fingerprint density at radius 2 is 2.60 bits per heavy atom. The lowest BCUT2D eigenvalue weighted by atomic mass is 10.1. The summed E-state index contributed by atoms with van der Waals surface area (Å²) in [7, 11) is 0. The van der Waals surface area contributed by atoms with E-state index in [0.717, 1.165) is 30.2 Å². The van der Waals surface area contributed by atoms with Crippen molar-refractivity contribution < 1.29 is 9.53 Å². The third kappa shape index (κ3) is 2.17. The van der Waals surface area contributed by atoms with Crippen molar-refractivity contribution in [3.05, 3.63) is 17.5 Å². The average Bonchev–Trinajstić information content (AvgIpc) is 2.48. The summed E-state index contributed by atoms with van der Waals surface area (Å²) < 4.78 is 6.90. The predicted molar refractivity (Wildman–Crippen MR) is 59.0 cm³/mol. The van der Waals surface area contributed by atoms with Crippen LogP contribution >= 0.6 is 11.8 Å². The Morgan fingerprint density at radius 1 is 1.73 bits per heavy atom. The minimum Gasteiger partial charge on any atom is -0.462 e. The van der Waals surface area contributed by atoms with Crippen molar-refractivity contribution in [2.75, 3.05) is 12.4 Å². The van der Waals surface area contributed by atoms with Crippen LogP contribution in [0.1, 0.15) is 29.4 Å². The van der Waals surface area contributed by atoms with Gasteiger partial charge in [0.05, 0.1) is 24.4 Å². The number of rotatable bonds is 2. The maximum atomic E-state index is 11.6. The number of hydrogen-bond donors (Lipinski definition) is 0. The Bertz CT molecular complexity index is 362. The quantitative estimate of drug-likeness (QED) is 0.720. The van der Waals surface area contributed by atoms with Gasteiger partial charge in [0.2, 0.25) is 0 Å². The number of nitrogens with zero attached hydrogens (tertiary/aromatic N) is 2. The number of carbonyl (C=O) groups excluding carboxylic acids is 1. The zero-order valence-corrected chi connectivity index (χ0v) is 9.55. The Morgan fingerprint density at radius 3 is 3.40 bits per heavy atom. The molecular formula is C10H14N2O2S. The first kappa shape index (κ1) is 10.5. The van der Waals surface area contributed by atoms with Gasteiger partial charge in [-0.05, 0) is 25.5 Å². The van der Waals surface area contributed by atoms with E-state index in [9.17, 15) is 4.79 Å². The topological polar surface area (TPSA) is 44.1 Å². The number of hydrogen-bond acceptors (Lipinski definition) is 4. The molecule has 2 rings (SSSR count). The second-order valence-electron chi connectivity index (χ2n) is 3.37. The van der Waals surface area contributed by atoms with Gasteiger partial charge in [0.15, 0.2) is 0 Å². The lowest BCUT2D eigenvalue weighted by Gasteiger charge is -2.04. The van der Waals surface area contributed by atoms with Gasteiger partial charge in [-0.15, -0.1) is 11.8 Å². The van der Waals surface area contributed by atoms with E-state index in [1.807, 2.05) is 23.4 Å². The third-order valence-corrected chi connectivity index (χ3v) is 3.36. The highest BCUT2D eigenvalue weighted by Crippen LogP contribution is 2.20. The number of aromatic nitrogens is 2. The van der Waals surface area contributed by atoms with Gasteiger partial charge in [0.25, 0.3) is 0 Å². The van der Waals surface area contributed by atoms with Crippen molar-refractivity contribution in [3.63, 3.8) is 0 Å². The first-order valence-corrected chi connectivity index (χ1v) is 6.28. The molecule has 0 spiro atoms. The molecule has 2 heterocycles. The molecule has 0 unspecified atom stereocenters. The summed E-state index contributed by atoms with van der Waals surface area (Å²) in [6, 6.07) is 0. The first-order chi connectivity index (χ1) is 7.33. The normalized spacial score (nSPS) is 15.5. The van der Waals surface area contributed by atoms with Gasteiger partial charge in [-0.3, -0.25) is 4.68 Å². The van der Waals surface area contributed by atoms with Gasteiger partial charge in [-0.25, -0.2) is 4.79 Å². The van der Waals surface area contributed by atoms with Crippen LogP contribution in [0.15, 0.2) is 6.20 Å². The molecule has 4 nitrogen and oxygen atoms in total. The predicted octanol–water partition coefficient (Wildman–Crippen LogP) is 1.70. The summed E-state index contributed by atoms with van der Waals surface area (Å²) in [6.45, 7) is 2.23. The molecule has 1 aromatic rings. The van der Waals surface area contributed by atoms with Crippen molar-refractivity contribution in [1.29, 1.82) is 0 Å². The highest BCUT2D eigenvalue weighted by atomic mass is 32.2. The fraction of sp³-hybridized carbons (Fsp3) is 0.600. The largest absolute Gasteiger partial charge is 0.462 e. The molecule has 1 aromatic heterocycles. The molecule has 5 heteroatoms. The lowest BCUT2D eigenvalue weighted by Crippen LogP contribution is -2.08.